The number of nitrogens with two attached hydrogens (primary N) is 1. The Morgan fingerprint density at radius 2 is 2.08 bits per heavy atom. The summed E-state index contributed by atoms with van der Waals surface area (Å²) in [6.07, 6.45) is 2.49. The third kappa shape index (κ3) is 4.04. The van der Waals surface area contributed by atoms with Crippen LogP contribution in [0.3, 0.4) is 0 Å². The van der Waals surface area contributed by atoms with Gasteiger partial charge in [-0.05, 0) is 18.3 Å². The second-order valence-electron chi connectivity index (χ2n) is 3.85. The van der Waals surface area contributed by atoms with Crippen LogP contribution in [0.15, 0.2) is 0 Å². The van der Waals surface area contributed by atoms with Crippen molar-refractivity contribution in [1.29, 1.82) is 0 Å². The average Bonchev–Trinajstić information content (AvgIpc) is 2.60. The Labute approximate surface area is 73.6 Å². The van der Waals surface area contributed by atoms with E-state index in [0.29, 0.717) is 12.0 Å². The molecule has 1 rings (SSSR count). The van der Waals surface area contributed by atoms with Crippen LogP contribution in [0.4, 0.5) is 0 Å². The van der Waals surface area contributed by atoms with E-state index >= 15 is 0 Å². The SMILES string of the molecule is CC1(CNCCS(N)(=O)=O)CC1. The standard InChI is InChI=1S/C7H16N2O2S/c1-7(2-3-7)6-9-4-5-12(8,10)11/h9H,2-6H2,1H3,(H2,8,10,11). The van der Waals surface area contributed by atoms with E-state index in [-0.39, 0.29) is 5.75 Å². The minimum absolute atomic E-state index is 0.0308. The van der Waals surface area contributed by atoms with E-state index in [0.717, 1.165) is 6.54 Å². The van der Waals surface area contributed by atoms with Crippen LogP contribution in [0.1, 0.15) is 19.8 Å². The van der Waals surface area contributed by atoms with E-state index in [4.69, 9.17) is 5.14 Å². The molecule has 12 heavy (non-hydrogen) atoms. The molecule has 0 unspecified atom stereocenters. The van der Waals surface area contributed by atoms with Crippen molar-refractivity contribution in [2.45, 2.75) is 19.8 Å². The monoisotopic (exact) mass is 192 g/mol. The first-order valence-corrected chi connectivity index (χ1v) is 5.84. The van der Waals surface area contributed by atoms with Crippen molar-refractivity contribution in [3.8, 4) is 0 Å². The zero-order chi connectivity index (χ0) is 9.24. The van der Waals surface area contributed by atoms with Gasteiger partial charge in [0.25, 0.3) is 0 Å². The molecular formula is C7H16N2O2S. The molecule has 0 aromatic carbocycles. The van der Waals surface area contributed by atoms with E-state index in [2.05, 4.69) is 12.2 Å². The van der Waals surface area contributed by atoms with Gasteiger partial charge in [-0.2, -0.15) is 0 Å². The first kappa shape index (κ1) is 9.95. The van der Waals surface area contributed by atoms with Crippen LogP contribution < -0.4 is 10.5 Å². The van der Waals surface area contributed by atoms with E-state index in [1.54, 1.807) is 0 Å². The largest absolute Gasteiger partial charge is 0.315 e. The van der Waals surface area contributed by atoms with Crippen molar-refractivity contribution < 1.29 is 8.42 Å². The van der Waals surface area contributed by atoms with Gasteiger partial charge >= 0.3 is 0 Å². The molecule has 72 valence electrons. The Hall–Kier alpha value is -0.130. The predicted molar refractivity (Wildman–Crippen MR) is 48.2 cm³/mol. The number of primary sulfonamides is 1. The van der Waals surface area contributed by atoms with E-state index in [9.17, 15) is 8.42 Å². The number of rotatable bonds is 5. The van der Waals surface area contributed by atoms with Gasteiger partial charge in [0, 0.05) is 13.1 Å². The van der Waals surface area contributed by atoms with Gasteiger partial charge in [0.05, 0.1) is 5.75 Å². The Kier molecular flexibility index (Phi) is 2.75. The van der Waals surface area contributed by atoms with Crippen molar-refractivity contribution in [3.63, 3.8) is 0 Å². The molecule has 0 aromatic rings. The predicted octanol–water partition coefficient (Wildman–Crippen LogP) is -0.335. The lowest BCUT2D eigenvalue weighted by atomic mass is 10.1. The van der Waals surface area contributed by atoms with Crippen molar-refractivity contribution >= 4 is 10.0 Å². The molecule has 0 saturated heterocycles. The number of hydrogen-bond acceptors (Lipinski definition) is 3. The molecule has 0 radical (unpaired) electrons. The normalized spacial score (nSPS) is 20.8. The molecule has 0 amide bonds. The van der Waals surface area contributed by atoms with Gasteiger partial charge in [0.1, 0.15) is 0 Å². The molecule has 0 aromatic heterocycles. The van der Waals surface area contributed by atoms with Gasteiger partial charge in [-0.3, -0.25) is 0 Å². The molecule has 0 spiro atoms. The smallest absolute Gasteiger partial charge is 0.210 e. The van der Waals surface area contributed by atoms with Crippen molar-refractivity contribution in [3.05, 3.63) is 0 Å². The molecule has 1 aliphatic carbocycles. The Bertz CT molecular complexity index is 244. The highest BCUT2D eigenvalue weighted by molar-refractivity contribution is 7.89. The second kappa shape index (κ2) is 3.32. The molecule has 0 bridgehead atoms. The number of hydrogen-bond donors (Lipinski definition) is 2. The molecule has 0 aliphatic heterocycles. The summed E-state index contributed by atoms with van der Waals surface area (Å²) in [5, 5.41) is 7.92. The van der Waals surface area contributed by atoms with Crippen LogP contribution in [-0.2, 0) is 10.0 Å². The zero-order valence-corrected chi connectivity index (χ0v) is 8.15. The van der Waals surface area contributed by atoms with Gasteiger partial charge in [0.15, 0.2) is 0 Å². The van der Waals surface area contributed by atoms with Gasteiger partial charge < -0.3 is 5.32 Å². The van der Waals surface area contributed by atoms with Crippen LogP contribution in [-0.4, -0.2) is 27.3 Å². The minimum Gasteiger partial charge on any atom is -0.315 e. The highest BCUT2D eigenvalue weighted by atomic mass is 32.2. The lowest BCUT2D eigenvalue weighted by Crippen LogP contribution is -2.30. The summed E-state index contributed by atoms with van der Waals surface area (Å²) < 4.78 is 21.0. The topological polar surface area (TPSA) is 72.2 Å². The van der Waals surface area contributed by atoms with Crippen LogP contribution in [0.2, 0.25) is 0 Å². The highest BCUT2D eigenvalue weighted by Gasteiger charge is 2.36. The second-order valence-corrected chi connectivity index (χ2v) is 5.59. The summed E-state index contributed by atoms with van der Waals surface area (Å²) in [6.45, 7) is 3.56. The summed E-state index contributed by atoms with van der Waals surface area (Å²) in [5.41, 5.74) is 0.429. The van der Waals surface area contributed by atoms with E-state index < -0.39 is 10.0 Å². The van der Waals surface area contributed by atoms with Crippen molar-refractivity contribution in [2.75, 3.05) is 18.8 Å². The van der Waals surface area contributed by atoms with Crippen LogP contribution in [0, 0.1) is 5.41 Å². The lowest BCUT2D eigenvalue weighted by Gasteiger charge is -2.08. The highest BCUT2D eigenvalue weighted by Crippen LogP contribution is 2.43. The van der Waals surface area contributed by atoms with Crippen molar-refractivity contribution in [1.82, 2.24) is 5.32 Å². The van der Waals surface area contributed by atoms with Crippen LogP contribution in [0.5, 0.6) is 0 Å². The van der Waals surface area contributed by atoms with Crippen LogP contribution >= 0.6 is 0 Å². The number of sulfonamides is 1. The molecule has 4 nitrogen and oxygen atoms in total. The lowest BCUT2D eigenvalue weighted by molar-refractivity contribution is 0.508. The van der Waals surface area contributed by atoms with Gasteiger partial charge in [-0.1, -0.05) is 6.92 Å². The van der Waals surface area contributed by atoms with Gasteiger partial charge in [-0.15, -0.1) is 0 Å². The molecular weight excluding hydrogens is 176 g/mol. The maximum Gasteiger partial charge on any atom is 0.210 e. The molecule has 1 saturated carbocycles. The molecule has 0 atom stereocenters. The van der Waals surface area contributed by atoms with Crippen molar-refractivity contribution in [2.24, 2.45) is 10.6 Å². The molecule has 5 heteroatoms. The molecule has 1 aliphatic rings. The quantitative estimate of drug-likeness (QED) is 0.586. The molecule has 0 heterocycles. The first-order valence-electron chi connectivity index (χ1n) is 4.13. The summed E-state index contributed by atoms with van der Waals surface area (Å²) in [5.74, 6) is 0.0308. The molecule has 1 fully saturated rings. The van der Waals surface area contributed by atoms with Crippen LogP contribution in [0.25, 0.3) is 0 Å². The maximum absolute atomic E-state index is 10.5. The summed E-state index contributed by atoms with van der Waals surface area (Å²) in [7, 11) is -3.28. The van der Waals surface area contributed by atoms with E-state index in [1.165, 1.54) is 12.8 Å². The Morgan fingerprint density at radius 3 is 2.50 bits per heavy atom. The number of nitrogens with one attached hydrogen (secondary N) is 1. The van der Waals surface area contributed by atoms with Gasteiger partial charge in [-0.25, -0.2) is 13.6 Å². The Balaban J connectivity index is 2.04. The van der Waals surface area contributed by atoms with E-state index in [1.807, 2.05) is 0 Å². The summed E-state index contributed by atoms with van der Waals surface area (Å²) in [4.78, 5) is 0. The summed E-state index contributed by atoms with van der Waals surface area (Å²) >= 11 is 0. The minimum atomic E-state index is -3.28. The Morgan fingerprint density at radius 1 is 1.50 bits per heavy atom. The fourth-order valence-electron chi connectivity index (χ4n) is 0.995. The third-order valence-electron chi connectivity index (χ3n) is 2.22. The fraction of sp³-hybridized carbons (Fsp3) is 1.00. The van der Waals surface area contributed by atoms with Gasteiger partial charge in [0.2, 0.25) is 10.0 Å². The summed E-state index contributed by atoms with van der Waals surface area (Å²) in [6, 6.07) is 0. The average molecular weight is 192 g/mol. The third-order valence-corrected chi connectivity index (χ3v) is 2.99. The zero-order valence-electron chi connectivity index (χ0n) is 7.34. The molecule has 3 N–H and O–H groups in total. The fourth-order valence-corrected chi connectivity index (χ4v) is 1.42. The maximum atomic E-state index is 10.5. The first-order chi connectivity index (χ1) is 5.41.